The molecular formula is C22H18N4O2S2. The molecule has 0 aliphatic rings. The lowest BCUT2D eigenvalue weighted by Gasteiger charge is -2.08. The van der Waals surface area contributed by atoms with Crippen LogP contribution in [0.1, 0.15) is 16.8 Å². The zero-order chi connectivity index (χ0) is 20.8. The second-order valence-electron chi connectivity index (χ2n) is 6.36. The Hall–Kier alpha value is -3.23. The second kappa shape index (κ2) is 9.51. The van der Waals surface area contributed by atoms with E-state index in [1.165, 1.54) is 33.6 Å². The predicted molar refractivity (Wildman–Crippen MR) is 122 cm³/mol. The Morgan fingerprint density at radius 1 is 1.07 bits per heavy atom. The van der Waals surface area contributed by atoms with Crippen LogP contribution in [0, 0.1) is 0 Å². The number of thioether (sulfide) groups is 1. The lowest BCUT2D eigenvalue weighted by molar-refractivity contribution is -0.118. The highest BCUT2D eigenvalue weighted by atomic mass is 32.2. The number of carbonyl (C=O) groups is 1. The third kappa shape index (κ3) is 4.84. The number of hydrogen-bond acceptors (Lipinski definition) is 6. The Balaban J connectivity index is 1.40. The van der Waals surface area contributed by atoms with E-state index >= 15 is 0 Å². The molecule has 0 saturated carbocycles. The van der Waals surface area contributed by atoms with Gasteiger partial charge in [-0.25, -0.2) is 10.4 Å². The maximum absolute atomic E-state index is 12.3. The minimum absolute atomic E-state index is 0.110. The molecule has 0 bridgehead atoms. The molecule has 150 valence electrons. The number of aromatic nitrogens is 2. The Morgan fingerprint density at radius 2 is 1.73 bits per heavy atom. The minimum atomic E-state index is -0.210. The molecule has 0 radical (unpaired) electrons. The van der Waals surface area contributed by atoms with Crippen LogP contribution in [0.2, 0.25) is 0 Å². The van der Waals surface area contributed by atoms with Gasteiger partial charge in [0.15, 0.2) is 4.96 Å². The van der Waals surface area contributed by atoms with Crippen molar-refractivity contribution in [3.63, 3.8) is 0 Å². The highest BCUT2D eigenvalue weighted by molar-refractivity contribution is 7.99. The minimum Gasteiger partial charge on any atom is -0.272 e. The van der Waals surface area contributed by atoms with Crippen LogP contribution < -0.4 is 11.0 Å². The number of carbonyl (C=O) groups excluding carboxylic acids is 1. The summed E-state index contributed by atoms with van der Waals surface area (Å²) < 4.78 is 1.51. The smallest absolute Gasteiger partial charge is 0.258 e. The quantitative estimate of drug-likeness (QED) is 0.356. The van der Waals surface area contributed by atoms with Crippen LogP contribution in [0.25, 0.3) is 4.96 Å². The van der Waals surface area contributed by atoms with Crippen molar-refractivity contribution >= 4 is 39.7 Å². The summed E-state index contributed by atoms with van der Waals surface area (Å²) in [7, 11) is 0. The molecule has 0 saturated heterocycles. The largest absolute Gasteiger partial charge is 0.272 e. The van der Waals surface area contributed by atoms with Gasteiger partial charge in [0.25, 0.3) is 5.56 Å². The third-order valence-electron chi connectivity index (χ3n) is 4.23. The maximum Gasteiger partial charge on any atom is 0.258 e. The van der Waals surface area contributed by atoms with E-state index in [2.05, 4.69) is 15.5 Å². The van der Waals surface area contributed by atoms with Crippen molar-refractivity contribution in [1.29, 1.82) is 0 Å². The summed E-state index contributed by atoms with van der Waals surface area (Å²) in [5.74, 6) is 0.481. The standard InChI is InChI=1S/C22H18N4O2S2/c27-19(15-29-14-18-13-20(28)26-11-12-30-22(26)23-18)24-25-21(16-7-3-1-4-8-16)17-9-5-2-6-10-17/h1-13H,14-15H2,(H,24,27). The fourth-order valence-corrected chi connectivity index (χ4v) is 4.30. The Labute approximate surface area is 181 Å². The summed E-state index contributed by atoms with van der Waals surface area (Å²) in [5, 5.41) is 6.20. The molecule has 0 unspecified atom stereocenters. The lowest BCUT2D eigenvalue weighted by atomic mass is 10.0. The van der Waals surface area contributed by atoms with Crippen molar-refractivity contribution < 1.29 is 4.79 Å². The number of fused-ring (bicyclic) bond motifs is 1. The number of rotatable bonds is 7. The molecule has 0 aliphatic carbocycles. The molecule has 2 aromatic heterocycles. The number of thiazole rings is 1. The number of hydrazone groups is 1. The van der Waals surface area contributed by atoms with Crippen LogP contribution in [0.15, 0.2) is 88.2 Å². The number of nitrogens with one attached hydrogen (secondary N) is 1. The fourth-order valence-electron chi connectivity index (χ4n) is 2.85. The molecule has 0 atom stereocenters. The summed E-state index contributed by atoms with van der Waals surface area (Å²) >= 11 is 2.80. The van der Waals surface area contributed by atoms with Crippen LogP contribution in [-0.4, -0.2) is 26.8 Å². The molecule has 6 nitrogen and oxygen atoms in total. The van der Waals surface area contributed by atoms with Gasteiger partial charge < -0.3 is 0 Å². The van der Waals surface area contributed by atoms with E-state index in [1.54, 1.807) is 6.20 Å². The van der Waals surface area contributed by atoms with Crippen LogP contribution in [0.4, 0.5) is 0 Å². The number of hydrogen-bond donors (Lipinski definition) is 1. The van der Waals surface area contributed by atoms with Gasteiger partial charge >= 0.3 is 0 Å². The van der Waals surface area contributed by atoms with E-state index in [0.717, 1.165) is 11.1 Å². The van der Waals surface area contributed by atoms with Crippen LogP contribution in [0.5, 0.6) is 0 Å². The molecular weight excluding hydrogens is 416 g/mol. The van der Waals surface area contributed by atoms with Crippen molar-refractivity contribution in [1.82, 2.24) is 14.8 Å². The highest BCUT2D eigenvalue weighted by Crippen LogP contribution is 2.13. The molecule has 30 heavy (non-hydrogen) atoms. The van der Waals surface area contributed by atoms with Gasteiger partial charge in [-0.2, -0.15) is 5.10 Å². The Bertz CT molecular complexity index is 1190. The monoisotopic (exact) mass is 434 g/mol. The van der Waals surface area contributed by atoms with Crippen molar-refractivity contribution in [2.45, 2.75) is 5.75 Å². The van der Waals surface area contributed by atoms with Gasteiger partial charge in [-0.15, -0.1) is 23.1 Å². The number of benzene rings is 2. The zero-order valence-electron chi connectivity index (χ0n) is 15.9. The van der Waals surface area contributed by atoms with Gasteiger partial charge in [0.05, 0.1) is 17.2 Å². The first-order valence-corrected chi connectivity index (χ1v) is 11.2. The third-order valence-corrected chi connectivity index (χ3v) is 5.95. The van der Waals surface area contributed by atoms with E-state index in [4.69, 9.17) is 0 Å². The number of nitrogens with zero attached hydrogens (tertiary/aromatic N) is 3. The van der Waals surface area contributed by atoms with Gasteiger partial charge in [-0.05, 0) is 0 Å². The van der Waals surface area contributed by atoms with Crippen molar-refractivity contribution in [3.8, 4) is 0 Å². The molecule has 8 heteroatoms. The van der Waals surface area contributed by atoms with Gasteiger partial charge in [0, 0.05) is 34.5 Å². The molecule has 2 aromatic carbocycles. The Morgan fingerprint density at radius 3 is 2.40 bits per heavy atom. The van der Waals surface area contributed by atoms with E-state index in [9.17, 15) is 9.59 Å². The number of amides is 1. The van der Waals surface area contributed by atoms with Gasteiger partial charge in [-0.3, -0.25) is 14.0 Å². The van der Waals surface area contributed by atoms with Gasteiger partial charge in [0.2, 0.25) is 5.91 Å². The predicted octanol–water partition coefficient (Wildman–Crippen LogP) is 3.56. The molecule has 4 aromatic rings. The first-order valence-electron chi connectivity index (χ1n) is 9.21. The van der Waals surface area contributed by atoms with E-state index in [0.29, 0.717) is 22.1 Å². The summed E-state index contributed by atoms with van der Waals surface area (Å²) in [6.07, 6.45) is 1.70. The second-order valence-corrected chi connectivity index (χ2v) is 8.22. The van der Waals surface area contributed by atoms with Gasteiger partial charge in [0.1, 0.15) is 0 Å². The Kier molecular flexibility index (Phi) is 6.36. The zero-order valence-corrected chi connectivity index (χ0v) is 17.5. The fraction of sp³-hybridized carbons (Fsp3) is 0.0909. The average molecular weight is 435 g/mol. The van der Waals surface area contributed by atoms with Crippen LogP contribution >= 0.6 is 23.1 Å². The summed E-state index contributed by atoms with van der Waals surface area (Å²) in [5.41, 5.74) is 5.75. The molecule has 0 spiro atoms. The molecule has 2 heterocycles. The normalized spacial score (nSPS) is 10.7. The average Bonchev–Trinajstić information content (AvgIpc) is 3.25. The van der Waals surface area contributed by atoms with Crippen molar-refractivity contribution in [2.24, 2.45) is 5.10 Å². The van der Waals surface area contributed by atoms with E-state index in [-0.39, 0.29) is 17.2 Å². The highest BCUT2D eigenvalue weighted by Gasteiger charge is 2.09. The topological polar surface area (TPSA) is 75.8 Å². The summed E-state index contributed by atoms with van der Waals surface area (Å²) in [4.78, 5) is 29.4. The summed E-state index contributed by atoms with van der Waals surface area (Å²) in [6.45, 7) is 0. The lowest BCUT2D eigenvalue weighted by Crippen LogP contribution is -2.22. The van der Waals surface area contributed by atoms with Crippen molar-refractivity contribution in [2.75, 3.05) is 5.75 Å². The molecule has 0 fully saturated rings. The molecule has 1 amide bonds. The van der Waals surface area contributed by atoms with E-state index in [1.807, 2.05) is 66.0 Å². The van der Waals surface area contributed by atoms with E-state index < -0.39 is 0 Å². The SMILES string of the molecule is O=C(CSCc1cc(=O)n2ccsc2n1)NN=C(c1ccccc1)c1ccccc1. The maximum atomic E-state index is 12.3. The van der Waals surface area contributed by atoms with Crippen LogP contribution in [-0.2, 0) is 10.5 Å². The molecule has 1 N–H and O–H groups in total. The van der Waals surface area contributed by atoms with Gasteiger partial charge in [-0.1, -0.05) is 60.7 Å². The first-order chi connectivity index (χ1) is 14.7. The molecule has 0 aliphatic heterocycles. The van der Waals surface area contributed by atoms with Crippen molar-refractivity contribution in [3.05, 3.63) is 105 Å². The first kappa shape index (κ1) is 20.1. The van der Waals surface area contributed by atoms with Crippen LogP contribution in [0.3, 0.4) is 0 Å². The molecule has 4 rings (SSSR count). The summed E-state index contributed by atoms with van der Waals surface area (Å²) in [6, 6.07) is 21.0.